The Labute approximate surface area is 251 Å². The molecule has 2 aliphatic carbocycles. The number of aliphatic carboxylic acids is 1. The standard InChI is InChI=1S/C29H24FN3O8S2/c1-11(28(36)37)32-26(34)21-16-9-17(22(21)27(32)35)23-20(16)19(24-25(42-23)31-29(38)43-24)15-8-14(33(39)40)6-7-18(15)41-10-12-2-4-13(30)5-3-12/h2-8,11,16-17,19-23H,9-10H2,1H3,(H,31,38)(H,36,37)/t11-,16-,17-,19+,20-,21+,22-,23+/m1/s1. The molecule has 0 spiro atoms. The first-order chi connectivity index (χ1) is 20.5. The lowest BCUT2D eigenvalue weighted by Crippen LogP contribution is -2.44. The topological polar surface area (TPSA) is 160 Å². The van der Waals surface area contributed by atoms with Gasteiger partial charge in [0.2, 0.25) is 11.8 Å². The number of nitrogens with zero attached hydrogens (tertiary/aromatic N) is 2. The molecular formula is C29H24FN3O8S2. The fourth-order valence-corrected chi connectivity index (χ4v) is 10.5. The van der Waals surface area contributed by atoms with Crippen molar-refractivity contribution in [3.8, 4) is 5.75 Å². The van der Waals surface area contributed by atoms with Crippen LogP contribution in [0.15, 0.2) is 52.3 Å². The minimum absolute atomic E-state index is 0.0582. The fourth-order valence-electron chi connectivity index (χ4n) is 7.65. The van der Waals surface area contributed by atoms with E-state index in [0.29, 0.717) is 33.2 Å². The van der Waals surface area contributed by atoms with Crippen molar-refractivity contribution in [2.75, 3.05) is 0 Å². The van der Waals surface area contributed by atoms with Crippen LogP contribution >= 0.6 is 23.1 Å². The summed E-state index contributed by atoms with van der Waals surface area (Å²) in [5.41, 5.74) is 0.998. The van der Waals surface area contributed by atoms with Crippen LogP contribution in [0.2, 0.25) is 0 Å². The number of carbonyl (C=O) groups is 3. The molecule has 4 aliphatic rings. The lowest BCUT2D eigenvalue weighted by Gasteiger charge is -2.43. The van der Waals surface area contributed by atoms with Gasteiger partial charge in [-0.05, 0) is 54.9 Å². The number of nitro groups is 1. The summed E-state index contributed by atoms with van der Waals surface area (Å²) in [6.45, 7) is 1.38. The first-order valence-electron chi connectivity index (χ1n) is 13.7. The average Bonchev–Trinajstić information content (AvgIpc) is 3.71. The minimum atomic E-state index is -1.29. The van der Waals surface area contributed by atoms with E-state index in [9.17, 15) is 38.8 Å². The highest BCUT2D eigenvalue weighted by atomic mass is 32.2. The van der Waals surface area contributed by atoms with E-state index in [1.165, 1.54) is 49.0 Å². The van der Waals surface area contributed by atoms with Gasteiger partial charge < -0.3 is 14.8 Å². The SMILES string of the molecule is C[C@H](C(=O)O)N1C(=O)[C@@H]2[C@H]3C[C@@H]([C@@H]2C1=O)[C@@H]1[C@H](c2cc([N+](=O)[O-])ccc2OCc2ccc(F)cc2)c2sc(=O)[nH]c2S[C@@H]31. The molecule has 43 heavy (non-hydrogen) atoms. The van der Waals surface area contributed by atoms with Gasteiger partial charge in [0, 0.05) is 33.7 Å². The molecule has 222 valence electrons. The lowest BCUT2D eigenvalue weighted by atomic mass is 9.68. The fraction of sp³-hybridized carbons (Fsp3) is 0.379. The number of imide groups is 1. The Kier molecular flexibility index (Phi) is 6.47. The lowest BCUT2D eigenvalue weighted by molar-refractivity contribution is -0.385. The number of likely N-dealkylation sites (tertiary alicyclic amines) is 1. The van der Waals surface area contributed by atoms with Gasteiger partial charge in [-0.1, -0.05) is 23.5 Å². The van der Waals surface area contributed by atoms with Crippen LogP contribution in [0.25, 0.3) is 0 Å². The van der Waals surface area contributed by atoms with Crippen molar-refractivity contribution in [1.82, 2.24) is 9.88 Å². The summed E-state index contributed by atoms with van der Waals surface area (Å²) < 4.78 is 19.6. The highest BCUT2D eigenvalue weighted by molar-refractivity contribution is 8.00. The van der Waals surface area contributed by atoms with Crippen LogP contribution in [0.4, 0.5) is 10.1 Å². The Hall–Kier alpha value is -4.04. The summed E-state index contributed by atoms with van der Waals surface area (Å²) >= 11 is 2.46. The second-order valence-corrected chi connectivity index (χ2v) is 13.6. The number of non-ortho nitro benzene ring substituents is 1. The van der Waals surface area contributed by atoms with Crippen LogP contribution in [0.5, 0.6) is 5.75 Å². The van der Waals surface area contributed by atoms with Crippen LogP contribution in [0.1, 0.15) is 35.3 Å². The molecular weight excluding hydrogens is 601 g/mol. The first kappa shape index (κ1) is 27.8. The van der Waals surface area contributed by atoms with Crippen molar-refractivity contribution in [3.63, 3.8) is 0 Å². The monoisotopic (exact) mass is 625 g/mol. The molecule has 2 saturated carbocycles. The number of aromatic amines is 1. The van der Waals surface area contributed by atoms with E-state index < -0.39 is 52.3 Å². The number of thioether (sulfide) groups is 1. The maximum Gasteiger partial charge on any atom is 0.326 e. The normalized spacial score (nSPS) is 29.3. The van der Waals surface area contributed by atoms with E-state index in [1.807, 2.05) is 0 Å². The number of hydrogen-bond donors (Lipinski definition) is 2. The van der Waals surface area contributed by atoms with Crippen molar-refractivity contribution in [2.24, 2.45) is 29.6 Å². The first-order valence-corrected chi connectivity index (χ1v) is 15.4. The van der Waals surface area contributed by atoms with Crippen LogP contribution < -0.4 is 9.61 Å². The summed E-state index contributed by atoms with van der Waals surface area (Å²) in [6.07, 6.45) is 0.570. The molecule has 3 fully saturated rings. The van der Waals surface area contributed by atoms with Crippen molar-refractivity contribution in [3.05, 3.63) is 84.1 Å². The number of amides is 2. The predicted octanol–water partition coefficient (Wildman–Crippen LogP) is 4.01. The van der Waals surface area contributed by atoms with Crippen LogP contribution in [0, 0.1) is 45.5 Å². The zero-order valence-corrected chi connectivity index (χ0v) is 24.1. The summed E-state index contributed by atoms with van der Waals surface area (Å²) in [5.74, 6) is -5.03. The summed E-state index contributed by atoms with van der Waals surface area (Å²) in [7, 11) is 0. The minimum Gasteiger partial charge on any atom is -0.489 e. The summed E-state index contributed by atoms with van der Waals surface area (Å²) in [5, 5.41) is 21.9. The number of nitrogens with one attached hydrogen (secondary N) is 1. The third-order valence-corrected chi connectivity index (χ3v) is 11.9. The number of carboxylic acid groups (broad SMARTS) is 1. The predicted molar refractivity (Wildman–Crippen MR) is 151 cm³/mol. The number of thiazole rings is 1. The van der Waals surface area contributed by atoms with Crippen LogP contribution in [0.3, 0.4) is 0 Å². The quantitative estimate of drug-likeness (QED) is 0.225. The van der Waals surface area contributed by atoms with Crippen molar-refractivity contribution in [2.45, 2.75) is 42.2 Å². The number of H-pyrrole nitrogens is 1. The van der Waals surface area contributed by atoms with Crippen molar-refractivity contribution >= 4 is 46.6 Å². The zero-order chi connectivity index (χ0) is 30.3. The Morgan fingerprint density at radius 2 is 1.86 bits per heavy atom. The molecule has 11 nitrogen and oxygen atoms in total. The summed E-state index contributed by atoms with van der Waals surface area (Å²) in [4.78, 5) is 67.0. The molecule has 7 rings (SSSR count). The number of halogens is 1. The Balaban J connectivity index is 1.33. The van der Waals surface area contributed by atoms with Gasteiger partial charge in [-0.3, -0.25) is 29.4 Å². The van der Waals surface area contributed by atoms with Gasteiger partial charge in [0.25, 0.3) is 5.69 Å². The number of carbonyl (C=O) groups excluding carboxylic acids is 2. The molecule has 1 aromatic heterocycles. The van der Waals surface area contributed by atoms with Gasteiger partial charge in [-0.25, -0.2) is 9.18 Å². The average molecular weight is 626 g/mol. The van der Waals surface area contributed by atoms with Gasteiger partial charge in [-0.15, -0.1) is 11.8 Å². The van der Waals surface area contributed by atoms with Gasteiger partial charge in [-0.2, -0.15) is 0 Å². The number of nitro benzene ring substituents is 1. The number of hydrogen-bond acceptors (Lipinski definition) is 9. The molecule has 14 heteroatoms. The smallest absolute Gasteiger partial charge is 0.326 e. The number of fused-ring (bicyclic) bond motifs is 9. The second-order valence-electron chi connectivity index (χ2n) is 11.4. The molecule has 2 N–H and O–H groups in total. The molecule has 1 saturated heterocycles. The molecule has 2 amide bonds. The number of carboxylic acids is 1. The van der Waals surface area contributed by atoms with E-state index in [-0.39, 0.29) is 40.2 Å². The maximum atomic E-state index is 13.6. The van der Waals surface area contributed by atoms with Gasteiger partial charge in [0.05, 0.1) is 21.8 Å². The van der Waals surface area contributed by atoms with Crippen molar-refractivity contribution < 1.29 is 33.5 Å². The number of aromatic nitrogens is 1. The summed E-state index contributed by atoms with van der Waals surface area (Å²) in [6, 6.07) is 8.76. The highest BCUT2D eigenvalue weighted by Gasteiger charge is 2.70. The second kappa shape index (κ2) is 10.0. The molecule has 2 bridgehead atoms. The van der Waals surface area contributed by atoms with Gasteiger partial charge >= 0.3 is 10.8 Å². The molecule has 3 heterocycles. The van der Waals surface area contributed by atoms with E-state index in [2.05, 4.69) is 4.98 Å². The van der Waals surface area contributed by atoms with Crippen LogP contribution in [-0.2, 0) is 21.0 Å². The maximum absolute atomic E-state index is 13.6. The van der Waals surface area contributed by atoms with E-state index in [4.69, 9.17) is 4.74 Å². The molecule has 3 aromatic rings. The molecule has 2 aromatic carbocycles. The Morgan fingerprint density at radius 1 is 1.16 bits per heavy atom. The molecule has 0 unspecified atom stereocenters. The third-order valence-electron chi connectivity index (χ3n) is 9.35. The molecule has 0 radical (unpaired) electrons. The van der Waals surface area contributed by atoms with E-state index in [1.54, 1.807) is 12.1 Å². The Bertz CT molecular complexity index is 1760. The molecule has 2 aliphatic heterocycles. The molecule has 8 atom stereocenters. The number of benzene rings is 2. The number of ether oxygens (including phenoxy) is 1. The van der Waals surface area contributed by atoms with Gasteiger partial charge in [0.1, 0.15) is 24.2 Å². The number of rotatable bonds is 7. The Morgan fingerprint density at radius 3 is 2.53 bits per heavy atom. The zero-order valence-electron chi connectivity index (χ0n) is 22.5. The van der Waals surface area contributed by atoms with E-state index in [0.717, 1.165) is 16.2 Å². The van der Waals surface area contributed by atoms with Crippen molar-refractivity contribution in [1.29, 1.82) is 0 Å². The van der Waals surface area contributed by atoms with Gasteiger partial charge in [0.15, 0.2) is 0 Å². The third kappa shape index (κ3) is 4.21. The van der Waals surface area contributed by atoms with Crippen LogP contribution in [-0.4, -0.2) is 49.0 Å². The largest absolute Gasteiger partial charge is 0.489 e. The highest BCUT2D eigenvalue weighted by Crippen LogP contribution is 2.69. The van der Waals surface area contributed by atoms with E-state index >= 15 is 0 Å².